The van der Waals surface area contributed by atoms with Gasteiger partial charge in [0.05, 0.1) is 12.0 Å². The minimum Gasteiger partial charge on any atom is -0.497 e. The second-order valence-electron chi connectivity index (χ2n) is 6.48. The van der Waals surface area contributed by atoms with E-state index in [2.05, 4.69) is 10.0 Å². The van der Waals surface area contributed by atoms with Crippen molar-refractivity contribution in [2.24, 2.45) is 0 Å². The fourth-order valence-electron chi connectivity index (χ4n) is 2.81. The Morgan fingerprint density at radius 3 is 2.41 bits per heavy atom. The average molecular weight is 414 g/mol. The third-order valence-electron chi connectivity index (χ3n) is 4.33. The Labute approximate surface area is 169 Å². The molecule has 0 aliphatic heterocycles. The van der Waals surface area contributed by atoms with Crippen LogP contribution in [0.5, 0.6) is 5.75 Å². The summed E-state index contributed by atoms with van der Waals surface area (Å²) in [5.41, 5.74) is 1.52. The van der Waals surface area contributed by atoms with Crippen molar-refractivity contribution in [1.29, 1.82) is 0 Å². The molecular formula is C21H22N2O5S. The lowest BCUT2D eigenvalue weighted by Crippen LogP contribution is -2.23. The van der Waals surface area contributed by atoms with Gasteiger partial charge in [-0.2, -0.15) is 0 Å². The maximum Gasteiger partial charge on any atom is 0.261 e. The van der Waals surface area contributed by atoms with Gasteiger partial charge >= 0.3 is 0 Å². The lowest BCUT2D eigenvalue weighted by atomic mass is 10.2. The lowest BCUT2D eigenvalue weighted by molar-refractivity contribution is 0.0950. The molecule has 0 fully saturated rings. The summed E-state index contributed by atoms with van der Waals surface area (Å²) in [6.07, 6.45) is 0. The summed E-state index contributed by atoms with van der Waals surface area (Å²) < 4.78 is 38.3. The summed E-state index contributed by atoms with van der Waals surface area (Å²) >= 11 is 0. The predicted octanol–water partition coefficient (Wildman–Crippen LogP) is 3.64. The largest absolute Gasteiger partial charge is 0.497 e. The average Bonchev–Trinajstić information content (AvgIpc) is 3.03. The molecule has 29 heavy (non-hydrogen) atoms. The summed E-state index contributed by atoms with van der Waals surface area (Å²) in [4.78, 5) is 12.5. The molecule has 0 unspecified atom stereocenters. The number of hydrogen-bond acceptors (Lipinski definition) is 5. The molecule has 0 saturated heterocycles. The Morgan fingerprint density at radius 1 is 1.07 bits per heavy atom. The van der Waals surface area contributed by atoms with Crippen molar-refractivity contribution < 1.29 is 22.4 Å². The van der Waals surface area contributed by atoms with Gasteiger partial charge in [0.1, 0.15) is 17.3 Å². The summed E-state index contributed by atoms with van der Waals surface area (Å²) in [6.45, 7) is 3.96. The van der Waals surface area contributed by atoms with E-state index in [1.807, 2.05) is 19.9 Å². The van der Waals surface area contributed by atoms with Crippen LogP contribution in [-0.4, -0.2) is 21.4 Å². The number of ether oxygens (including phenoxy) is 1. The molecule has 0 bridgehead atoms. The number of rotatable bonds is 7. The van der Waals surface area contributed by atoms with E-state index < -0.39 is 10.0 Å². The molecule has 3 aromatic rings. The molecule has 152 valence electrons. The van der Waals surface area contributed by atoms with E-state index in [4.69, 9.17) is 9.15 Å². The van der Waals surface area contributed by atoms with Crippen molar-refractivity contribution in [3.63, 3.8) is 0 Å². The van der Waals surface area contributed by atoms with Gasteiger partial charge in [0.15, 0.2) is 0 Å². The van der Waals surface area contributed by atoms with Crippen molar-refractivity contribution in [2.75, 3.05) is 11.8 Å². The smallest absolute Gasteiger partial charge is 0.261 e. The topological polar surface area (TPSA) is 97.6 Å². The summed E-state index contributed by atoms with van der Waals surface area (Å²) in [7, 11) is -2.31. The van der Waals surface area contributed by atoms with Gasteiger partial charge in [0.25, 0.3) is 15.9 Å². The molecule has 1 heterocycles. The van der Waals surface area contributed by atoms with Crippen LogP contribution in [0.3, 0.4) is 0 Å². The Morgan fingerprint density at radius 2 is 1.79 bits per heavy atom. The number of benzene rings is 2. The highest BCUT2D eigenvalue weighted by Crippen LogP contribution is 2.20. The number of sulfonamides is 1. The van der Waals surface area contributed by atoms with E-state index in [1.54, 1.807) is 30.3 Å². The SMILES string of the molecule is COc1ccc(NS(=O)(=O)c2cccc(C(=O)NCc3cc(C)oc3C)c2)cc1. The number of amides is 1. The number of methoxy groups -OCH3 is 1. The fraction of sp³-hybridized carbons (Fsp3) is 0.190. The summed E-state index contributed by atoms with van der Waals surface area (Å²) in [5.74, 6) is 1.76. The number of anilines is 1. The number of nitrogens with one attached hydrogen (secondary N) is 2. The number of carbonyl (C=O) groups is 1. The quantitative estimate of drug-likeness (QED) is 0.615. The molecule has 2 aromatic carbocycles. The van der Waals surface area contributed by atoms with Gasteiger partial charge in [-0.05, 0) is 62.4 Å². The Kier molecular flexibility index (Phi) is 5.93. The van der Waals surface area contributed by atoms with Crippen LogP contribution in [0.15, 0.2) is 63.9 Å². The van der Waals surface area contributed by atoms with E-state index in [9.17, 15) is 13.2 Å². The fourth-order valence-corrected chi connectivity index (χ4v) is 3.92. The predicted molar refractivity (Wildman–Crippen MR) is 110 cm³/mol. The molecule has 2 N–H and O–H groups in total. The molecule has 0 radical (unpaired) electrons. The van der Waals surface area contributed by atoms with Crippen LogP contribution in [0.25, 0.3) is 0 Å². The van der Waals surface area contributed by atoms with Crippen molar-refractivity contribution in [3.8, 4) is 5.75 Å². The molecule has 1 amide bonds. The molecule has 3 rings (SSSR count). The summed E-state index contributed by atoms with van der Waals surface area (Å²) in [5, 5.41) is 2.78. The number of furan rings is 1. The first-order chi connectivity index (χ1) is 13.8. The minimum absolute atomic E-state index is 0.00342. The highest BCUT2D eigenvalue weighted by molar-refractivity contribution is 7.92. The van der Waals surface area contributed by atoms with E-state index in [0.717, 1.165) is 17.1 Å². The van der Waals surface area contributed by atoms with Crippen LogP contribution in [0.4, 0.5) is 5.69 Å². The molecule has 0 aliphatic carbocycles. The highest BCUT2D eigenvalue weighted by atomic mass is 32.2. The van der Waals surface area contributed by atoms with Gasteiger partial charge in [0.2, 0.25) is 0 Å². The molecule has 1 aromatic heterocycles. The van der Waals surface area contributed by atoms with Crippen LogP contribution in [0.2, 0.25) is 0 Å². The summed E-state index contributed by atoms with van der Waals surface area (Å²) in [6, 6.07) is 14.2. The van der Waals surface area contributed by atoms with Crippen molar-refractivity contribution in [3.05, 3.63) is 77.2 Å². The van der Waals surface area contributed by atoms with Gasteiger partial charge in [-0.15, -0.1) is 0 Å². The molecule has 0 aliphatic rings. The molecule has 8 heteroatoms. The van der Waals surface area contributed by atoms with Crippen molar-refractivity contribution >= 4 is 21.6 Å². The Bertz CT molecular complexity index is 1120. The van der Waals surface area contributed by atoms with Crippen molar-refractivity contribution in [2.45, 2.75) is 25.3 Å². The van der Waals surface area contributed by atoms with Crippen LogP contribution < -0.4 is 14.8 Å². The van der Waals surface area contributed by atoms with E-state index in [1.165, 1.54) is 25.3 Å². The standard InChI is InChI=1S/C21H22N2O5S/c1-14-11-17(15(2)28-14)13-22-21(24)16-5-4-6-20(12-16)29(25,26)23-18-7-9-19(27-3)10-8-18/h4-12,23H,13H2,1-3H3,(H,22,24). The zero-order chi connectivity index (χ0) is 21.0. The maximum atomic E-state index is 12.7. The second kappa shape index (κ2) is 8.40. The van der Waals surface area contributed by atoms with E-state index in [-0.39, 0.29) is 16.4 Å². The third kappa shape index (κ3) is 4.97. The Balaban J connectivity index is 1.73. The number of carbonyl (C=O) groups excluding carboxylic acids is 1. The second-order valence-corrected chi connectivity index (χ2v) is 8.17. The van der Waals surface area contributed by atoms with Crippen LogP contribution in [0.1, 0.15) is 27.4 Å². The van der Waals surface area contributed by atoms with Gasteiger partial charge in [0, 0.05) is 23.4 Å². The van der Waals surface area contributed by atoms with Crippen LogP contribution in [0, 0.1) is 13.8 Å². The third-order valence-corrected chi connectivity index (χ3v) is 5.71. The van der Waals surface area contributed by atoms with Crippen LogP contribution >= 0.6 is 0 Å². The zero-order valence-electron chi connectivity index (χ0n) is 16.4. The number of hydrogen-bond donors (Lipinski definition) is 2. The lowest BCUT2D eigenvalue weighted by Gasteiger charge is -2.10. The zero-order valence-corrected chi connectivity index (χ0v) is 17.2. The van der Waals surface area contributed by atoms with E-state index >= 15 is 0 Å². The Hall–Kier alpha value is -3.26. The number of aryl methyl sites for hydroxylation is 2. The van der Waals surface area contributed by atoms with E-state index in [0.29, 0.717) is 18.0 Å². The minimum atomic E-state index is -3.85. The molecule has 0 atom stereocenters. The molecular weight excluding hydrogens is 392 g/mol. The van der Waals surface area contributed by atoms with Gasteiger partial charge in [-0.1, -0.05) is 6.07 Å². The van der Waals surface area contributed by atoms with Crippen molar-refractivity contribution in [1.82, 2.24) is 5.32 Å². The first-order valence-corrected chi connectivity index (χ1v) is 10.4. The normalized spacial score (nSPS) is 11.1. The highest BCUT2D eigenvalue weighted by Gasteiger charge is 2.17. The monoisotopic (exact) mass is 414 g/mol. The van der Waals surface area contributed by atoms with Crippen LogP contribution in [-0.2, 0) is 16.6 Å². The first kappa shape index (κ1) is 20.5. The first-order valence-electron chi connectivity index (χ1n) is 8.89. The van der Waals surface area contributed by atoms with Gasteiger partial charge < -0.3 is 14.5 Å². The van der Waals surface area contributed by atoms with Gasteiger partial charge in [-0.3, -0.25) is 9.52 Å². The maximum absolute atomic E-state index is 12.7. The molecule has 0 saturated carbocycles. The van der Waals surface area contributed by atoms with Gasteiger partial charge in [-0.25, -0.2) is 8.42 Å². The molecule has 7 nitrogen and oxygen atoms in total. The molecule has 0 spiro atoms.